The van der Waals surface area contributed by atoms with Crippen LogP contribution in [-0.2, 0) is 14.3 Å². The van der Waals surface area contributed by atoms with E-state index in [9.17, 15) is 19.5 Å². The third-order valence-corrected chi connectivity index (χ3v) is 6.87. The van der Waals surface area contributed by atoms with Gasteiger partial charge in [0.2, 0.25) is 5.91 Å². The average molecular weight is 481 g/mol. The number of amides is 2. The zero-order valence-corrected chi connectivity index (χ0v) is 21.1. The minimum Gasteiger partial charge on any atom is -0.481 e. The van der Waals surface area contributed by atoms with E-state index in [0.717, 1.165) is 22.3 Å². The van der Waals surface area contributed by atoms with Crippen molar-refractivity contribution < 1.29 is 24.2 Å². The Balaban J connectivity index is 1.60. The van der Waals surface area contributed by atoms with Crippen LogP contribution in [0.3, 0.4) is 0 Å². The van der Waals surface area contributed by atoms with Crippen LogP contribution < -0.4 is 10.6 Å². The molecule has 1 aliphatic rings. The van der Waals surface area contributed by atoms with Gasteiger partial charge in [0, 0.05) is 18.5 Å². The van der Waals surface area contributed by atoms with E-state index in [0.29, 0.717) is 0 Å². The molecule has 7 nitrogen and oxygen atoms in total. The number of hydrogen-bond acceptors (Lipinski definition) is 4. The van der Waals surface area contributed by atoms with Crippen molar-refractivity contribution >= 4 is 18.0 Å². The summed E-state index contributed by atoms with van der Waals surface area (Å²) < 4.78 is 5.62. The average Bonchev–Trinajstić information content (AvgIpc) is 3.11. The van der Waals surface area contributed by atoms with Crippen LogP contribution in [0.5, 0.6) is 0 Å². The van der Waals surface area contributed by atoms with Gasteiger partial charge < -0.3 is 20.5 Å². The van der Waals surface area contributed by atoms with Gasteiger partial charge in [-0.1, -0.05) is 76.2 Å². The summed E-state index contributed by atoms with van der Waals surface area (Å²) in [5.41, 5.74) is 4.57. The number of aliphatic carboxylic acids is 1. The second-order valence-electron chi connectivity index (χ2n) is 9.96. The van der Waals surface area contributed by atoms with Gasteiger partial charge in [0.1, 0.15) is 6.61 Å². The summed E-state index contributed by atoms with van der Waals surface area (Å²) in [5, 5.41) is 15.0. The predicted molar refractivity (Wildman–Crippen MR) is 135 cm³/mol. The van der Waals surface area contributed by atoms with Crippen LogP contribution in [0.4, 0.5) is 4.79 Å². The highest BCUT2D eigenvalue weighted by molar-refractivity contribution is 5.82. The maximum Gasteiger partial charge on any atom is 0.407 e. The Labute approximate surface area is 207 Å². The highest BCUT2D eigenvalue weighted by Crippen LogP contribution is 2.44. The van der Waals surface area contributed by atoms with Crippen LogP contribution in [-0.4, -0.2) is 42.3 Å². The molecule has 7 heteroatoms. The summed E-state index contributed by atoms with van der Waals surface area (Å²) in [6.07, 6.45) is -0.580. The monoisotopic (exact) mass is 480 g/mol. The van der Waals surface area contributed by atoms with Gasteiger partial charge in [-0.3, -0.25) is 9.59 Å². The number of carbonyl (C=O) groups is 3. The molecular formula is C28H36N2O5. The maximum atomic E-state index is 12.9. The van der Waals surface area contributed by atoms with E-state index in [1.54, 1.807) is 6.92 Å². The number of carbonyl (C=O) groups excluding carboxylic acids is 2. The summed E-state index contributed by atoms with van der Waals surface area (Å²) >= 11 is 0. The van der Waals surface area contributed by atoms with Crippen molar-refractivity contribution in [2.24, 2.45) is 23.7 Å². The summed E-state index contributed by atoms with van der Waals surface area (Å²) in [7, 11) is 0. The maximum absolute atomic E-state index is 12.9. The third-order valence-electron chi connectivity index (χ3n) is 6.87. The fourth-order valence-corrected chi connectivity index (χ4v) is 4.96. The van der Waals surface area contributed by atoms with Crippen LogP contribution in [0.25, 0.3) is 11.1 Å². The first-order chi connectivity index (χ1) is 16.6. The molecule has 3 rings (SSSR count). The standard InChI is InChI=1S/C28H36N2O5/c1-16(2)23(27(32)33)14-29-26(31)25(17(3)4)18(5)30-28(34)35-15-24-21-12-8-6-10-19(21)20-11-7-9-13-22(20)24/h6-13,16-18,23-25H,14-15H2,1-5H3,(H,29,31)(H,30,34)(H,32,33). The molecule has 0 fully saturated rings. The van der Waals surface area contributed by atoms with Crippen molar-refractivity contribution in [1.82, 2.24) is 10.6 Å². The Bertz CT molecular complexity index is 1020. The molecule has 0 saturated heterocycles. The lowest BCUT2D eigenvalue weighted by Gasteiger charge is -2.28. The minimum atomic E-state index is -0.939. The molecule has 188 valence electrons. The zero-order valence-electron chi connectivity index (χ0n) is 21.1. The second kappa shape index (κ2) is 11.4. The van der Waals surface area contributed by atoms with Gasteiger partial charge in [-0.2, -0.15) is 0 Å². The van der Waals surface area contributed by atoms with Crippen LogP contribution in [0.1, 0.15) is 51.7 Å². The van der Waals surface area contributed by atoms with Gasteiger partial charge in [-0.25, -0.2) is 4.79 Å². The van der Waals surface area contributed by atoms with Crippen LogP contribution in [0.15, 0.2) is 48.5 Å². The molecule has 0 heterocycles. The molecular weight excluding hydrogens is 444 g/mol. The highest BCUT2D eigenvalue weighted by Gasteiger charge is 2.32. The fraction of sp³-hybridized carbons (Fsp3) is 0.464. The molecule has 35 heavy (non-hydrogen) atoms. The number of benzene rings is 2. The largest absolute Gasteiger partial charge is 0.481 e. The van der Waals surface area contributed by atoms with Crippen molar-refractivity contribution in [3.05, 3.63) is 59.7 Å². The van der Waals surface area contributed by atoms with Gasteiger partial charge in [0.05, 0.1) is 11.8 Å². The molecule has 3 N–H and O–H groups in total. The zero-order chi connectivity index (χ0) is 25.7. The van der Waals surface area contributed by atoms with E-state index in [1.807, 2.05) is 52.0 Å². The van der Waals surface area contributed by atoms with Gasteiger partial charge in [-0.15, -0.1) is 0 Å². The molecule has 3 unspecified atom stereocenters. The number of carboxylic acids is 1. The van der Waals surface area contributed by atoms with Crippen molar-refractivity contribution in [3.8, 4) is 11.1 Å². The molecule has 0 radical (unpaired) electrons. The smallest absolute Gasteiger partial charge is 0.407 e. The third kappa shape index (κ3) is 6.02. The van der Waals surface area contributed by atoms with E-state index in [2.05, 4.69) is 34.9 Å². The Morgan fingerprint density at radius 3 is 1.91 bits per heavy atom. The van der Waals surface area contributed by atoms with Crippen molar-refractivity contribution in [2.75, 3.05) is 13.2 Å². The Morgan fingerprint density at radius 2 is 1.43 bits per heavy atom. The molecule has 0 aliphatic heterocycles. The summed E-state index contributed by atoms with van der Waals surface area (Å²) in [4.78, 5) is 37.0. The second-order valence-corrected chi connectivity index (χ2v) is 9.96. The van der Waals surface area contributed by atoms with Crippen molar-refractivity contribution in [3.63, 3.8) is 0 Å². The molecule has 2 aromatic carbocycles. The van der Waals surface area contributed by atoms with E-state index >= 15 is 0 Å². The van der Waals surface area contributed by atoms with E-state index < -0.39 is 29.9 Å². The molecule has 2 aromatic rings. The molecule has 1 aliphatic carbocycles. The van der Waals surface area contributed by atoms with Crippen LogP contribution >= 0.6 is 0 Å². The first kappa shape index (κ1) is 26.3. The normalized spacial score (nSPS) is 15.2. The Morgan fingerprint density at radius 1 is 0.886 bits per heavy atom. The first-order valence-electron chi connectivity index (χ1n) is 12.2. The topological polar surface area (TPSA) is 105 Å². The lowest BCUT2D eigenvalue weighted by atomic mass is 9.88. The Kier molecular flexibility index (Phi) is 8.54. The summed E-state index contributed by atoms with van der Waals surface area (Å²) in [6, 6.07) is 15.8. The number of rotatable bonds is 10. The van der Waals surface area contributed by atoms with E-state index in [4.69, 9.17) is 4.74 Å². The van der Waals surface area contributed by atoms with E-state index in [1.165, 1.54) is 0 Å². The first-order valence-corrected chi connectivity index (χ1v) is 12.2. The quantitative estimate of drug-likeness (QED) is 0.459. The minimum absolute atomic E-state index is 0.0448. The molecule has 0 bridgehead atoms. The van der Waals surface area contributed by atoms with E-state index in [-0.39, 0.29) is 36.8 Å². The summed E-state index contributed by atoms with van der Waals surface area (Å²) in [6.45, 7) is 9.43. The van der Waals surface area contributed by atoms with Gasteiger partial charge in [0.15, 0.2) is 0 Å². The number of alkyl carbamates (subject to hydrolysis) is 1. The van der Waals surface area contributed by atoms with Gasteiger partial charge in [0.25, 0.3) is 0 Å². The highest BCUT2D eigenvalue weighted by atomic mass is 16.5. The number of nitrogens with one attached hydrogen (secondary N) is 2. The van der Waals surface area contributed by atoms with Gasteiger partial charge >= 0.3 is 12.1 Å². The fourth-order valence-electron chi connectivity index (χ4n) is 4.96. The molecule has 0 saturated carbocycles. The lowest BCUT2D eigenvalue weighted by molar-refractivity contribution is -0.143. The number of hydrogen-bond donors (Lipinski definition) is 3. The number of carboxylic acid groups (broad SMARTS) is 1. The van der Waals surface area contributed by atoms with Crippen LogP contribution in [0.2, 0.25) is 0 Å². The van der Waals surface area contributed by atoms with Gasteiger partial charge in [-0.05, 0) is 41.0 Å². The SMILES string of the molecule is CC(C)C(CNC(=O)C(C(C)C)C(C)NC(=O)OCC1c2ccccc2-c2ccccc21)C(=O)O. The number of fused-ring (bicyclic) bond motifs is 3. The lowest BCUT2D eigenvalue weighted by Crippen LogP contribution is -2.49. The predicted octanol–water partition coefficient (Wildman–Crippen LogP) is 4.66. The molecule has 0 aromatic heterocycles. The summed E-state index contributed by atoms with van der Waals surface area (Å²) in [5.74, 6) is -2.64. The number of ether oxygens (including phenoxy) is 1. The molecule has 0 spiro atoms. The molecule has 3 atom stereocenters. The van der Waals surface area contributed by atoms with Crippen molar-refractivity contribution in [1.29, 1.82) is 0 Å². The molecule has 2 amide bonds. The van der Waals surface area contributed by atoms with Crippen molar-refractivity contribution in [2.45, 2.75) is 46.6 Å². The van der Waals surface area contributed by atoms with Crippen LogP contribution in [0, 0.1) is 23.7 Å². The Hall–Kier alpha value is -3.35.